The predicted octanol–water partition coefficient (Wildman–Crippen LogP) is -1.07. The molecule has 0 aliphatic carbocycles. The highest BCUT2D eigenvalue weighted by molar-refractivity contribution is 5.76. The first-order valence-corrected chi connectivity index (χ1v) is 4.21. The quantitative estimate of drug-likeness (QED) is 0.436. The number of H-pyrrole nitrogens is 2. The van der Waals surface area contributed by atoms with Gasteiger partial charge in [-0.15, -0.1) is 0 Å². The number of imidazole rings is 1. The van der Waals surface area contributed by atoms with Gasteiger partial charge in [0.1, 0.15) is 0 Å². The third-order valence-electron chi connectivity index (χ3n) is 1.98. The molecule has 3 aromatic rings. The summed E-state index contributed by atoms with van der Waals surface area (Å²) in [5, 5.41) is 6.50. The van der Waals surface area contributed by atoms with Gasteiger partial charge in [-0.05, 0) is 5.10 Å². The molecule has 0 radical (unpaired) electrons. The van der Waals surface area contributed by atoms with E-state index in [0.29, 0.717) is 11.5 Å². The molecule has 0 amide bonds. The van der Waals surface area contributed by atoms with E-state index in [-0.39, 0.29) is 5.95 Å². The molecule has 0 unspecified atom stereocenters. The van der Waals surface area contributed by atoms with Crippen molar-refractivity contribution >= 4 is 17.1 Å². The first-order valence-electron chi connectivity index (χ1n) is 4.21. The summed E-state index contributed by atoms with van der Waals surface area (Å²) in [7, 11) is 0. The SMILES string of the molecule is Nc1nc(-[n+]2cn[nH]c2)c2[nH]cnc2n1. The molecule has 0 fully saturated rings. The zero-order valence-electron chi connectivity index (χ0n) is 7.55. The highest BCUT2D eigenvalue weighted by Gasteiger charge is 2.14. The van der Waals surface area contributed by atoms with Crippen LogP contribution in [-0.4, -0.2) is 30.1 Å². The van der Waals surface area contributed by atoms with Crippen molar-refractivity contribution in [3.8, 4) is 5.82 Å². The Morgan fingerprint density at radius 1 is 1.33 bits per heavy atom. The fourth-order valence-corrected chi connectivity index (χ4v) is 1.36. The van der Waals surface area contributed by atoms with E-state index >= 15 is 0 Å². The molecule has 4 N–H and O–H groups in total. The van der Waals surface area contributed by atoms with Crippen molar-refractivity contribution in [3.63, 3.8) is 0 Å². The standard InChI is InChI=1S/C7H6N8/c8-7-13-5-4(9-1-10-5)6(14-7)15-2-11-12-3-15/h1-3H,(H3,8,9,10,13,14)/p+1. The first-order chi connectivity index (χ1) is 7.34. The third kappa shape index (κ3) is 1.11. The molecule has 0 aliphatic heterocycles. The van der Waals surface area contributed by atoms with Gasteiger partial charge in [0.15, 0.2) is 17.5 Å². The Kier molecular flexibility index (Phi) is 1.43. The Balaban J connectivity index is 2.38. The van der Waals surface area contributed by atoms with E-state index in [1.54, 1.807) is 23.5 Å². The van der Waals surface area contributed by atoms with Gasteiger partial charge >= 0.3 is 0 Å². The minimum absolute atomic E-state index is 0.179. The van der Waals surface area contributed by atoms with E-state index in [2.05, 4.69) is 30.1 Å². The number of nitrogens with zero attached hydrogens (tertiary/aromatic N) is 5. The van der Waals surface area contributed by atoms with E-state index in [1.807, 2.05) is 0 Å². The molecule has 15 heavy (non-hydrogen) atoms. The Bertz CT molecular complexity index is 595. The highest BCUT2D eigenvalue weighted by atomic mass is 15.3. The number of fused-ring (bicyclic) bond motifs is 1. The van der Waals surface area contributed by atoms with Crippen LogP contribution in [0.15, 0.2) is 19.0 Å². The Hall–Kier alpha value is -2.51. The van der Waals surface area contributed by atoms with Crippen LogP contribution in [0.4, 0.5) is 5.95 Å². The van der Waals surface area contributed by atoms with Crippen LogP contribution in [-0.2, 0) is 0 Å². The number of hydrogen-bond donors (Lipinski definition) is 3. The first kappa shape index (κ1) is 7.85. The molecule has 0 saturated heterocycles. The normalized spacial score (nSPS) is 10.9. The zero-order valence-corrected chi connectivity index (χ0v) is 7.55. The van der Waals surface area contributed by atoms with Gasteiger partial charge in [0.25, 0.3) is 11.8 Å². The maximum Gasteiger partial charge on any atom is 0.280 e. The van der Waals surface area contributed by atoms with Gasteiger partial charge in [0.2, 0.25) is 6.33 Å². The molecule has 74 valence electrons. The molecule has 0 aliphatic rings. The van der Waals surface area contributed by atoms with Crippen molar-refractivity contribution in [1.29, 1.82) is 0 Å². The lowest BCUT2D eigenvalue weighted by Crippen LogP contribution is -2.29. The van der Waals surface area contributed by atoms with Gasteiger partial charge in [-0.2, -0.15) is 14.6 Å². The monoisotopic (exact) mass is 203 g/mol. The number of aromatic amines is 2. The smallest absolute Gasteiger partial charge is 0.280 e. The summed E-state index contributed by atoms with van der Waals surface area (Å²) in [5.41, 5.74) is 6.82. The number of aromatic nitrogens is 7. The second kappa shape index (κ2) is 2.74. The molecule has 0 atom stereocenters. The molecule has 3 heterocycles. The van der Waals surface area contributed by atoms with Crippen LogP contribution < -0.4 is 10.3 Å². The van der Waals surface area contributed by atoms with E-state index < -0.39 is 0 Å². The Morgan fingerprint density at radius 2 is 2.27 bits per heavy atom. The summed E-state index contributed by atoms with van der Waals surface area (Å²) >= 11 is 0. The van der Waals surface area contributed by atoms with Crippen LogP contribution in [0.1, 0.15) is 0 Å². The lowest BCUT2D eigenvalue weighted by atomic mass is 10.5. The van der Waals surface area contributed by atoms with E-state index in [9.17, 15) is 0 Å². The number of nitrogens with two attached hydrogens (primary N) is 1. The number of nitrogen functional groups attached to an aromatic ring is 1. The number of hydrogen-bond acceptors (Lipinski definition) is 5. The minimum atomic E-state index is 0.179. The van der Waals surface area contributed by atoms with Gasteiger partial charge < -0.3 is 10.7 Å². The fraction of sp³-hybridized carbons (Fsp3) is 0. The van der Waals surface area contributed by atoms with Crippen LogP contribution >= 0.6 is 0 Å². The average molecular weight is 203 g/mol. The summed E-state index contributed by atoms with van der Waals surface area (Å²) < 4.78 is 1.69. The van der Waals surface area contributed by atoms with E-state index in [0.717, 1.165) is 5.52 Å². The van der Waals surface area contributed by atoms with Crippen LogP contribution in [0.2, 0.25) is 0 Å². The van der Waals surface area contributed by atoms with E-state index in [4.69, 9.17) is 5.73 Å². The molecule has 3 rings (SSSR count). The van der Waals surface area contributed by atoms with Crippen LogP contribution in [0, 0.1) is 0 Å². The van der Waals surface area contributed by atoms with Gasteiger partial charge in [0, 0.05) is 0 Å². The molecular formula is C7H7N8+. The summed E-state index contributed by atoms with van der Waals surface area (Å²) in [6, 6.07) is 0. The molecule has 0 saturated carbocycles. The minimum Gasteiger partial charge on any atom is -0.357 e. The predicted molar refractivity (Wildman–Crippen MR) is 49.8 cm³/mol. The van der Waals surface area contributed by atoms with Crippen LogP contribution in [0.3, 0.4) is 0 Å². The van der Waals surface area contributed by atoms with Crippen molar-refractivity contribution in [3.05, 3.63) is 19.0 Å². The van der Waals surface area contributed by atoms with Gasteiger partial charge in [0.05, 0.1) is 6.33 Å². The molecule has 0 aromatic carbocycles. The largest absolute Gasteiger partial charge is 0.357 e. The third-order valence-corrected chi connectivity index (χ3v) is 1.98. The van der Waals surface area contributed by atoms with Crippen molar-refractivity contribution < 1.29 is 4.57 Å². The molecule has 8 heteroatoms. The molecule has 3 aromatic heterocycles. The van der Waals surface area contributed by atoms with Gasteiger partial charge in [-0.25, -0.2) is 4.98 Å². The molecule has 8 nitrogen and oxygen atoms in total. The maximum absolute atomic E-state index is 5.57. The summed E-state index contributed by atoms with van der Waals surface area (Å²) in [6.45, 7) is 0. The lowest BCUT2D eigenvalue weighted by Gasteiger charge is -1.95. The van der Waals surface area contributed by atoms with Crippen LogP contribution in [0.25, 0.3) is 17.0 Å². The molecule has 0 spiro atoms. The number of rotatable bonds is 1. The Morgan fingerprint density at radius 3 is 3.07 bits per heavy atom. The lowest BCUT2D eigenvalue weighted by molar-refractivity contribution is -0.598. The van der Waals surface area contributed by atoms with Gasteiger partial charge in [-0.3, -0.25) is 0 Å². The summed E-state index contributed by atoms with van der Waals surface area (Å²) in [6.07, 6.45) is 4.78. The van der Waals surface area contributed by atoms with Crippen molar-refractivity contribution in [2.24, 2.45) is 0 Å². The summed E-state index contributed by atoms with van der Waals surface area (Å²) in [4.78, 5) is 15.1. The second-order valence-corrected chi connectivity index (χ2v) is 2.92. The van der Waals surface area contributed by atoms with Crippen molar-refractivity contribution in [2.45, 2.75) is 0 Å². The van der Waals surface area contributed by atoms with Gasteiger partial charge in [-0.1, -0.05) is 4.98 Å². The Labute approximate surface area is 83.2 Å². The van der Waals surface area contributed by atoms with Crippen LogP contribution in [0.5, 0.6) is 0 Å². The highest BCUT2D eigenvalue weighted by Crippen LogP contribution is 2.11. The molecule has 0 bridgehead atoms. The maximum atomic E-state index is 5.57. The molecular weight excluding hydrogens is 196 g/mol. The fourth-order valence-electron chi connectivity index (χ4n) is 1.36. The summed E-state index contributed by atoms with van der Waals surface area (Å²) in [5.74, 6) is 0.794. The zero-order chi connectivity index (χ0) is 10.3. The van der Waals surface area contributed by atoms with Crippen molar-refractivity contribution in [1.82, 2.24) is 30.1 Å². The number of nitrogens with one attached hydrogen (secondary N) is 2. The number of anilines is 1. The average Bonchev–Trinajstić information content (AvgIpc) is 2.86. The van der Waals surface area contributed by atoms with E-state index in [1.165, 1.54) is 0 Å². The topological polar surface area (TPSA) is 113 Å². The van der Waals surface area contributed by atoms with Crippen molar-refractivity contribution in [2.75, 3.05) is 5.73 Å². The second-order valence-electron chi connectivity index (χ2n) is 2.92.